The van der Waals surface area contributed by atoms with Crippen molar-refractivity contribution in [2.45, 2.75) is 13.0 Å². The SMILES string of the molecule is O=C(Cn1cc([N+](=O)[O-])cn1)Nc1ccc(Cc2ccncc2)cc1. The van der Waals surface area contributed by atoms with Gasteiger partial charge in [-0.1, -0.05) is 12.1 Å². The number of amides is 1. The fourth-order valence-electron chi connectivity index (χ4n) is 2.32. The largest absolute Gasteiger partial charge is 0.324 e. The Labute approximate surface area is 143 Å². The average Bonchev–Trinajstić information content (AvgIpc) is 3.06. The summed E-state index contributed by atoms with van der Waals surface area (Å²) in [6, 6.07) is 11.4. The van der Waals surface area contributed by atoms with Crippen molar-refractivity contribution in [2.24, 2.45) is 0 Å². The predicted molar refractivity (Wildman–Crippen MR) is 91.0 cm³/mol. The van der Waals surface area contributed by atoms with Crippen LogP contribution in [0.1, 0.15) is 11.1 Å². The van der Waals surface area contributed by atoms with E-state index in [1.807, 2.05) is 36.4 Å². The molecule has 0 spiro atoms. The summed E-state index contributed by atoms with van der Waals surface area (Å²) >= 11 is 0. The van der Waals surface area contributed by atoms with Crippen molar-refractivity contribution in [1.82, 2.24) is 14.8 Å². The lowest BCUT2D eigenvalue weighted by atomic mass is 10.1. The molecule has 2 aromatic heterocycles. The van der Waals surface area contributed by atoms with Crippen LogP contribution in [0.5, 0.6) is 0 Å². The zero-order chi connectivity index (χ0) is 17.6. The lowest BCUT2D eigenvalue weighted by molar-refractivity contribution is -0.385. The number of benzene rings is 1. The van der Waals surface area contributed by atoms with E-state index in [4.69, 9.17) is 0 Å². The van der Waals surface area contributed by atoms with E-state index in [2.05, 4.69) is 15.4 Å². The van der Waals surface area contributed by atoms with Gasteiger partial charge in [0.25, 0.3) is 0 Å². The first kappa shape index (κ1) is 16.3. The fourth-order valence-corrected chi connectivity index (χ4v) is 2.32. The van der Waals surface area contributed by atoms with Crippen LogP contribution in [-0.4, -0.2) is 25.6 Å². The van der Waals surface area contributed by atoms with Crippen LogP contribution in [0.4, 0.5) is 11.4 Å². The van der Waals surface area contributed by atoms with Crippen molar-refractivity contribution in [1.29, 1.82) is 0 Å². The highest BCUT2D eigenvalue weighted by molar-refractivity contribution is 5.90. The van der Waals surface area contributed by atoms with E-state index in [0.29, 0.717) is 5.69 Å². The molecule has 0 aliphatic heterocycles. The van der Waals surface area contributed by atoms with Gasteiger partial charge in [-0.25, -0.2) is 0 Å². The maximum atomic E-state index is 12.0. The Morgan fingerprint density at radius 3 is 2.44 bits per heavy atom. The van der Waals surface area contributed by atoms with Crippen molar-refractivity contribution in [3.05, 3.63) is 82.4 Å². The number of pyridine rings is 1. The highest BCUT2D eigenvalue weighted by atomic mass is 16.6. The van der Waals surface area contributed by atoms with Crippen LogP contribution in [0.25, 0.3) is 0 Å². The minimum atomic E-state index is -0.553. The minimum absolute atomic E-state index is 0.0907. The molecule has 3 rings (SSSR count). The maximum absolute atomic E-state index is 12.0. The molecule has 8 heteroatoms. The van der Waals surface area contributed by atoms with Crippen LogP contribution in [-0.2, 0) is 17.8 Å². The second-order valence-corrected chi connectivity index (χ2v) is 5.43. The van der Waals surface area contributed by atoms with Crippen molar-refractivity contribution < 1.29 is 9.72 Å². The summed E-state index contributed by atoms with van der Waals surface area (Å²) in [5, 5.41) is 17.1. The Balaban J connectivity index is 1.57. The van der Waals surface area contributed by atoms with Crippen molar-refractivity contribution >= 4 is 17.3 Å². The van der Waals surface area contributed by atoms with E-state index >= 15 is 0 Å². The molecule has 0 bridgehead atoms. The standard InChI is InChI=1S/C17H15N5O3/c23-17(12-21-11-16(10-19-21)22(24)25)20-15-3-1-13(2-4-15)9-14-5-7-18-8-6-14/h1-8,10-11H,9,12H2,(H,20,23). The smallest absolute Gasteiger partial charge is 0.307 e. The monoisotopic (exact) mass is 337 g/mol. The summed E-state index contributed by atoms with van der Waals surface area (Å²) in [5.74, 6) is -0.306. The van der Waals surface area contributed by atoms with Gasteiger partial charge in [-0.15, -0.1) is 0 Å². The highest BCUT2D eigenvalue weighted by Crippen LogP contribution is 2.14. The summed E-state index contributed by atoms with van der Waals surface area (Å²) in [6.45, 7) is -0.0907. The fraction of sp³-hybridized carbons (Fsp3) is 0.118. The van der Waals surface area contributed by atoms with E-state index in [-0.39, 0.29) is 18.1 Å². The number of carbonyl (C=O) groups excluding carboxylic acids is 1. The van der Waals surface area contributed by atoms with Crippen LogP contribution in [0, 0.1) is 10.1 Å². The van der Waals surface area contributed by atoms with Crippen LogP contribution < -0.4 is 5.32 Å². The Morgan fingerprint density at radius 2 is 1.80 bits per heavy atom. The number of aromatic nitrogens is 3. The van der Waals surface area contributed by atoms with E-state index in [9.17, 15) is 14.9 Å². The molecule has 126 valence electrons. The maximum Gasteiger partial charge on any atom is 0.307 e. The zero-order valence-corrected chi connectivity index (χ0v) is 13.2. The number of nitrogens with one attached hydrogen (secondary N) is 1. The van der Waals surface area contributed by atoms with E-state index in [0.717, 1.165) is 23.7 Å². The molecule has 0 saturated carbocycles. The molecule has 8 nitrogen and oxygen atoms in total. The van der Waals surface area contributed by atoms with Gasteiger partial charge in [0.1, 0.15) is 18.9 Å². The van der Waals surface area contributed by atoms with Crippen LogP contribution >= 0.6 is 0 Å². The van der Waals surface area contributed by atoms with Crippen LogP contribution in [0.2, 0.25) is 0 Å². The normalized spacial score (nSPS) is 10.4. The van der Waals surface area contributed by atoms with Gasteiger partial charge < -0.3 is 5.32 Å². The lowest BCUT2D eigenvalue weighted by Gasteiger charge is -2.07. The minimum Gasteiger partial charge on any atom is -0.324 e. The number of hydrogen-bond donors (Lipinski definition) is 1. The van der Waals surface area contributed by atoms with Gasteiger partial charge in [-0.05, 0) is 41.8 Å². The van der Waals surface area contributed by atoms with Gasteiger partial charge in [0.05, 0.1) is 4.92 Å². The molecular weight excluding hydrogens is 322 g/mol. The number of rotatable bonds is 6. The molecular formula is C17H15N5O3. The van der Waals surface area contributed by atoms with Gasteiger partial charge in [-0.2, -0.15) is 5.10 Å². The molecule has 2 heterocycles. The van der Waals surface area contributed by atoms with Crippen molar-refractivity contribution in [3.63, 3.8) is 0 Å². The van der Waals surface area contributed by atoms with E-state index in [1.165, 1.54) is 10.9 Å². The molecule has 0 saturated heterocycles. The third-order valence-corrected chi connectivity index (χ3v) is 3.53. The van der Waals surface area contributed by atoms with Crippen LogP contribution in [0.15, 0.2) is 61.2 Å². The van der Waals surface area contributed by atoms with E-state index in [1.54, 1.807) is 12.4 Å². The molecule has 0 radical (unpaired) electrons. The Bertz CT molecular complexity index is 875. The molecule has 0 unspecified atom stereocenters. The first-order valence-electron chi connectivity index (χ1n) is 7.55. The lowest BCUT2D eigenvalue weighted by Crippen LogP contribution is -2.18. The molecule has 0 aliphatic rings. The molecule has 1 N–H and O–H groups in total. The number of anilines is 1. The Kier molecular flexibility index (Phi) is 4.79. The molecule has 25 heavy (non-hydrogen) atoms. The quantitative estimate of drug-likeness (QED) is 0.549. The molecule has 1 aromatic carbocycles. The predicted octanol–water partition coefficient (Wildman–Crippen LogP) is 2.42. The first-order chi connectivity index (χ1) is 12.1. The Hall–Kier alpha value is -3.55. The van der Waals surface area contributed by atoms with Gasteiger partial charge in [0.2, 0.25) is 5.91 Å². The van der Waals surface area contributed by atoms with Gasteiger partial charge >= 0.3 is 5.69 Å². The van der Waals surface area contributed by atoms with E-state index < -0.39 is 4.92 Å². The van der Waals surface area contributed by atoms with Crippen molar-refractivity contribution in [2.75, 3.05) is 5.32 Å². The van der Waals surface area contributed by atoms with Crippen molar-refractivity contribution in [3.8, 4) is 0 Å². The number of nitrogens with zero attached hydrogens (tertiary/aromatic N) is 4. The Morgan fingerprint density at radius 1 is 1.12 bits per heavy atom. The third kappa shape index (κ3) is 4.47. The number of carbonyl (C=O) groups is 1. The highest BCUT2D eigenvalue weighted by Gasteiger charge is 2.11. The molecule has 0 aliphatic carbocycles. The zero-order valence-electron chi connectivity index (χ0n) is 13.2. The summed E-state index contributed by atoms with van der Waals surface area (Å²) < 4.78 is 1.23. The van der Waals surface area contributed by atoms with Gasteiger partial charge in [0, 0.05) is 18.1 Å². The third-order valence-electron chi connectivity index (χ3n) is 3.53. The summed E-state index contributed by atoms with van der Waals surface area (Å²) in [6.07, 6.45) is 6.62. The molecule has 0 atom stereocenters. The summed E-state index contributed by atoms with van der Waals surface area (Å²) in [4.78, 5) is 26.0. The second kappa shape index (κ2) is 7.35. The van der Waals surface area contributed by atoms with Gasteiger partial charge in [-0.3, -0.25) is 24.6 Å². The second-order valence-electron chi connectivity index (χ2n) is 5.43. The number of nitro groups is 1. The summed E-state index contributed by atoms with van der Waals surface area (Å²) in [5.41, 5.74) is 2.79. The topological polar surface area (TPSA) is 103 Å². The first-order valence-corrected chi connectivity index (χ1v) is 7.55. The number of hydrogen-bond acceptors (Lipinski definition) is 5. The van der Waals surface area contributed by atoms with Crippen LogP contribution in [0.3, 0.4) is 0 Å². The molecule has 0 fully saturated rings. The molecule has 3 aromatic rings. The molecule has 1 amide bonds. The van der Waals surface area contributed by atoms with Gasteiger partial charge in [0.15, 0.2) is 0 Å². The average molecular weight is 337 g/mol. The summed E-state index contributed by atoms with van der Waals surface area (Å²) in [7, 11) is 0.